The van der Waals surface area contributed by atoms with Crippen LogP contribution in [0.3, 0.4) is 0 Å². The molecule has 1 N–H and O–H groups in total. The van der Waals surface area contributed by atoms with Crippen molar-refractivity contribution < 1.29 is 14.3 Å². The second-order valence-corrected chi connectivity index (χ2v) is 2.10. The lowest BCUT2D eigenvalue weighted by atomic mass is 10.4. The molecular weight excluding hydrogens is 119 g/mol. The van der Waals surface area contributed by atoms with Gasteiger partial charge in [0.25, 0.3) is 0 Å². The molecule has 0 rings (SSSR count). The molecule has 0 aliphatic rings. The highest BCUT2D eigenvalue weighted by Crippen LogP contribution is 2.13. The van der Waals surface area contributed by atoms with Gasteiger partial charge in [-0.25, -0.2) is 9.18 Å². The second kappa shape index (κ2) is 1.69. The number of hydrogen-bond acceptors (Lipinski definition) is 2. The van der Waals surface area contributed by atoms with E-state index in [0.29, 0.717) is 0 Å². The maximum Gasteiger partial charge on any atom is 0.351 e. The van der Waals surface area contributed by atoms with Crippen molar-refractivity contribution in [1.82, 2.24) is 0 Å². The fraction of sp³-hybridized carbons (Fsp3) is 0.667. The van der Waals surface area contributed by atoms with Crippen LogP contribution in [0.4, 0.5) is 4.39 Å². The fourth-order valence-corrected chi connectivity index (χ4v) is 0. The van der Waals surface area contributed by atoms with Gasteiger partial charge in [0, 0.05) is 0 Å². The zero-order chi connectivity index (χ0) is 6.08. The monoisotopic (exact) mass is 124 g/mol. The lowest BCUT2D eigenvalue weighted by Gasteiger charge is -2.02. The van der Waals surface area contributed by atoms with Gasteiger partial charge in [-0.15, -0.1) is 12.6 Å². The average Bonchev–Trinajstić information content (AvgIpc) is 1.31. The van der Waals surface area contributed by atoms with Crippen molar-refractivity contribution in [2.45, 2.75) is 11.9 Å². The summed E-state index contributed by atoms with van der Waals surface area (Å²) in [6.45, 7) is 0.860. The van der Waals surface area contributed by atoms with E-state index in [-0.39, 0.29) is 0 Å². The van der Waals surface area contributed by atoms with Crippen LogP contribution >= 0.6 is 12.6 Å². The van der Waals surface area contributed by atoms with Crippen LogP contribution in [-0.4, -0.2) is 16.1 Å². The first-order valence-corrected chi connectivity index (χ1v) is 2.04. The van der Waals surface area contributed by atoms with Crippen LogP contribution in [0.15, 0.2) is 0 Å². The van der Waals surface area contributed by atoms with Gasteiger partial charge in [-0.2, -0.15) is 0 Å². The van der Waals surface area contributed by atoms with Gasteiger partial charge in [0.1, 0.15) is 0 Å². The maximum atomic E-state index is 11.8. The van der Waals surface area contributed by atoms with Crippen molar-refractivity contribution in [1.29, 1.82) is 0 Å². The lowest BCUT2D eigenvalue weighted by molar-refractivity contribution is -0.143. The number of hydrogen-bond donors (Lipinski definition) is 2. The normalized spacial score (nSPS) is 18.1. The minimum Gasteiger partial charge on any atom is -0.478 e. The third-order valence-electron chi connectivity index (χ3n) is 0.390. The van der Waals surface area contributed by atoms with Gasteiger partial charge in [0.05, 0.1) is 0 Å². The molecule has 0 fully saturated rings. The molecule has 0 spiro atoms. The quantitative estimate of drug-likeness (QED) is 0.504. The van der Waals surface area contributed by atoms with Crippen molar-refractivity contribution in [3.05, 3.63) is 0 Å². The Morgan fingerprint density at radius 3 is 2.14 bits per heavy atom. The third kappa shape index (κ3) is 2.45. The molecule has 0 saturated carbocycles. The van der Waals surface area contributed by atoms with Crippen LogP contribution in [-0.2, 0) is 4.79 Å². The largest absolute Gasteiger partial charge is 0.478 e. The molecule has 7 heavy (non-hydrogen) atoms. The Hall–Kier alpha value is -0.250. The average molecular weight is 124 g/mol. The molecule has 1 unspecified atom stereocenters. The van der Waals surface area contributed by atoms with Gasteiger partial charge in [0.2, 0.25) is 5.00 Å². The van der Waals surface area contributed by atoms with E-state index in [1.807, 2.05) is 0 Å². The summed E-state index contributed by atoms with van der Waals surface area (Å²) in [5, 5.41) is 5.41. The molecule has 0 aliphatic carbocycles. The summed E-state index contributed by atoms with van der Waals surface area (Å²) in [5.74, 6) is -1.56. The zero-order valence-electron chi connectivity index (χ0n) is 3.68. The molecule has 0 aromatic carbocycles. The molecule has 0 bridgehead atoms. The SMILES string of the molecule is CC(F)(S)C(=O)O. The maximum absolute atomic E-state index is 11.8. The molecule has 4 heteroatoms. The van der Waals surface area contributed by atoms with E-state index in [2.05, 4.69) is 12.6 Å². The van der Waals surface area contributed by atoms with E-state index >= 15 is 0 Å². The van der Waals surface area contributed by atoms with E-state index in [9.17, 15) is 9.18 Å². The number of halogens is 1. The summed E-state index contributed by atoms with van der Waals surface area (Å²) in [4.78, 5) is 9.57. The summed E-state index contributed by atoms with van der Waals surface area (Å²) in [7, 11) is 0. The van der Waals surface area contributed by atoms with Gasteiger partial charge in [-0.3, -0.25) is 0 Å². The van der Waals surface area contributed by atoms with Crippen molar-refractivity contribution >= 4 is 18.6 Å². The molecule has 0 aromatic rings. The predicted molar refractivity (Wildman–Crippen MR) is 26.1 cm³/mol. The number of rotatable bonds is 1. The van der Waals surface area contributed by atoms with E-state index < -0.39 is 11.0 Å². The number of alkyl halides is 1. The molecule has 42 valence electrons. The van der Waals surface area contributed by atoms with Gasteiger partial charge in [-0.05, 0) is 6.92 Å². The highest BCUT2D eigenvalue weighted by atomic mass is 32.1. The number of carboxylic acids is 1. The Morgan fingerprint density at radius 2 is 2.14 bits per heavy atom. The van der Waals surface area contributed by atoms with Crippen LogP contribution in [0.25, 0.3) is 0 Å². The minimum absolute atomic E-state index is 0.860. The summed E-state index contributed by atoms with van der Waals surface area (Å²) >= 11 is 3.08. The first-order chi connectivity index (χ1) is 2.94. The number of aliphatic carboxylic acids is 1. The van der Waals surface area contributed by atoms with E-state index in [4.69, 9.17) is 5.11 Å². The lowest BCUT2D eigenvalue weighted by Crippen LogP contribution is -2.21. The summed E-state index contributed by atoms with van der Waals surface area (Å²) in [6.07, 6.45) is 0. The number of thiol groups is 1. The fourth-order valence-electron chi connectivity index (χ4n) is 0. The standard InChI is InChI=1S/C3H5FO2S/c1-3(4,7)2(5)6/h7H,1H3,(H,5,6). The van der Waals surface area contributed by atoms with Crippen LogP contribution in [0.5, 0.6) is 0 Å². The molecule has 0 amide bonds. The Kier molecular flexibility index (Phi) is 1.63. The van der Waals surface area contributed by atoms with Crippen molar-refractivity contribution in [2.24, 2.45) is 0 Å². The van der Waals surface area contributed by atoms with Gasteiger partial charge in [0.15, 0.2) is 0 Å². The molecule has 1 atom stereocenters. The minimum atomic E-state index is -2.39. The Bertz CT molecular complexity index is 85.4. The van der Waals surface area contributed by atoms with Crippen LogP contribution < -0.4 is 0 Å². The summed E-state index contributed by atoms with van der Waals surface area (Å²) in [6, 6.07) is 0. The van der Waals surface area contributed by atoms with Crippen LogP contribution in [0.1, 0.15) is 6.92 Å². The highest BCUT2D eigenvalue weighted by molar-refractivity contribution is 7.82. The topological polar surface area (TPSA) is 37.3 Å². The molecular formula is C3H5FO2S. The van der Waals surface area contributed by atoms with Crippen molar-refractivity contribution in [3.63, 3.8) is 0 Å². The van der Waals surface area contributed by atoms with E-state index in [0.717, 1.165) is 6.92 Å². The second-order valence-electron chi connectivity index (χ2n) is 1.26. The molecule has 2 nitrogen and oxygen atoms in total. The smallest absolute Gasteiger partial charge is 0.351 e. The Morgan fingerprint density at radius 1 is 2.00 bits per heavy atom. The predicted octanol–water partition coefficient (Wildman–Crippen LogP) is 0.686. The number of carboxylic acid groups (broad SMARTS) is 1. The molecule has 0 aliphatic heterocycles. The summed E-state index contributed by atoms with van der Waals surface area (Å²) < 4.78 is 11.8. The van der Waals surface area contributed by atoms with Gasteiger partial charge in [-0.1, -0.05) is 0 Å². The molecule has 0 heterocycles. The number of carbonyl (C=O) groups is 1. The van der Waals surface area contributed by atoms with Crippen molar-refractivity contribution in [3.8, 4) is 0 Å². The third-order valence-corrected chi connectivity index (χ3v) is 0.582. The zero-order valence-corrected chi connectivity index (χ0v) is 4.58. The Balaban J connectivity index is 3.79. The first kappa shape index (κ1) is 6.75. The van der Waals surface area contributed by atoms with E-state index in [1.54, 1.807) is 0 Å². The van der Waals surface area contributed by atoms with E-state index in [1.165, 1.54) is 0 Å². The summed E-state index contributed by atoms with van der Waals surface area (Å²) in [5.41, 5.74) is 0. The molecule has 0 radical (unpaired) electrons. The molecule has 0 saturated heterocycles. The van der Waals surface area contributed by atoms with Gasteiger partial charge < -0.3 is 5.11 Å². The van der Waals surface area contributed by atoms with Crippen molar-refractivity contribution in [2.75, 3.05) is 0 Å². The first-order valence-electron chi connectivity index (χ1n) is 1.59. The highest BCUT2D eigenvalue weighted by Gasteiger charge is 2.26. The van der Waals surface area contributed by atoms with Gasteiger partial charge >= 0.3 is 5.97 Å². The van der Waals surface area contributed by atoms with Crippen LogP contribution in [0.2, 0.25) is 0 Å². The van der Waals surface area contributed by atoms with Crippen LogP contribution in [0, 0.1) is 0 Å². The Labute approximate surface area is 45.7 Å². The molecule has 0 aromatic heterocycles.